The van der Waals surface area contributed by atoms with Gasteiger partial charge in [0.05, 0.1) is 7.11 Å². The first-order valence-electron chi connectivity index (χ1n) is 5.15. The van der Waals surface area contributed by atoms with E-state index in [1.54, 1.807) is 7.11 Å². The molecule has 16 heavy (non-hydrogen) atoms. The fourth-order valence-corrected chi connectivity index (χ4v) is 1.43. The lowest BCUT2D eigenvalue weighted by Gasteiger charge is -2.08. The predicted molar refractivity (Wildman–Crippen MR) is 61.6 cm³/mol. The summed E-state index contributed by atoms with van der Waals surface area (Å²) in [5.74, 6) is 0.751. The molecule has 1 rings (SSSR count). The van der Waals surface area contributed by atoms with E-state index in [0.29, 0.717) is 6.54 Å². The second-order valence-corrected chi connectivity index (χ2v) is 3.34. The van der Waals surface area contributed by atoms with E-state index in [1.807, 2.05) is 24.3 Å². The van der Waals surface area contributed by atoms with Crippen LogP contribution in [0.3, 0.4) is 0 Å². The molecule has 4 nitrogen and oxygen atoms in total. The zero-order valence-electron chi connectivity index (χ0n) is 9.66. The van der Waals surface area contributed by atoms with Crippen LogP contribution < -0.4 is 10.1 Å². The van der Waals surface area contributed by atoms with Crippen molar-refractivity contribution in [3.05, 3.63) is 29.8 Å². The lowest BCUT2D eigenvalue weighted by atomic mass is 10.1. The van der Waals surface area contributed by atoms with Gasteiger partial charge < -0.3 is 14.8 Å². The molecule has 88 valence electrons. The third-order valence-electron chi connectivity index (χ3n) is 2.18. The lowest BCUT2D eigenvalue weighted by molar-refractivity contribution is -0.124. The summed E-state index contributed by atoms with van der Waals surface area (Å²) in [6, 6.07) is 7.77. The highest BCUT2D eigenvalue weighted by atomic mass is 16.5. The van der Waals surface area contributed by atoms with Crippen LogP contribution in [-0.2, 0) is 16.0 Å². The molecular weight excluding hydrogens is 206 g/mol. The highest BCUT2D eigenvalue weighted by Crippen LogP contribution is 2.16. The van der Waals surface area contributed by atoms with Gasteiger partial charge in [-0.25, -0.2) is 0 Å². The van der Waals surface area contributed by atoms with Crippen molar-refractivity contribution in [1.29, 1.82) is 0 Å². The summed E-state index contributed by atoms with van der Waals surface area (Å²) in [6.07, 6.45) is 0.749. The van der Waals surface area contributed by atoms with Gasteiger partial charge in [-0.3, -0.25) is 4.79 Å². The number of methoxy groups -OCH3 is 2. The molecule has 1 aromatic carbocycles. The Balaban J connectivity index is 2.39. The van der Waals surface area contributed by atoms with Crippen LogP contribution in [0.5, 0.6) is 5.75 Å². The first-order valence-corrected chi connectivity index (χ1v) is 5.15. The first kappa shape index (κ1) is 12.5. The smallest absolute Gasteiger partial charge is 0.245 e. The van der Waals surface area contributed by atoms with Gasteiger partial charge in [0.15, 0.2) is 0 Å². The summed E-state index contributed by atoms with van der Waals surface area (Å²) < 4.78 is 9.93. The highest BCUT2D eigenvalue weighted by molar-refractivity contribution is 5.77. The summed E-state index contributed by atoms with van der Waals surface area (Å²) in [7, 11) is 3.14. The van der Waals surface area contributed by atoms with Crippen LogP contribution in [0.25, 0.3) is 0 Å². The van der Waals surface area contributed by atoms with Gasteiger partial charge in [0.25, 0.3) is 0 Å². The Morgan fingerprint density at radius 2 is 2.06 bits per heavy atom. The molecule has 0 unspecified atom stereocenters. The van der Waals surface area contributed by atoms with Crippen molar-refractivity contribution < 1.29 is 14.3 Å². The third-order valence-corrected chi connectivity index (χ3v) is 2.18. The van der Waals surface area contributed by atoms with Gasteiger partial charge in [0.1, 0.15) is 12.4 Å². The van der Waals surface area contributed by atoms with Gasteiger partial charge in [-0.2, -0.15) is 0 Å². The Bertz CT molecular complexity index is 339. The third kappa shape index (κ3) is 3.90. The largest absolute Gasteiger partial charge is 0.496 e. The maximum absolute atomic E-state index is 11.1. The Morgan fingerprint density at radius 3 is 2.75 bits per heavy atom. The van der Waals surface area contributed by atoms with Crippen molar-refractivity contribution >= 4 is 5.91 Å². The normalized spacial score (nSPS) is 9.88. The molecular formula is C12H17NO3. The molecule has 1 amide bonds. The summed E-state index contributed by atoms with van der Waals surface area (Å²) >= 11 is 0. The molecule has 0 aliphatic rings. The Morgan fingerprint density at radius 1 is 1.31 bits per heavy atom. The summed E-state index contributed by atoms with van der Waals surface area (Å²) in [6.45, 7) is 0.689. The summed E-state index contributed by atoms with van der Waals surface area (Å²) in [4.78, 5) is 11.1. The second-order valence-electron chi connectivity index (χ2n) is 3.34. The molecule has 0 spiro atoms. The number of nitrogens with one attached hydrogen (secondary N) is 1. The average molecular weight is 223 g/mol. The van der Waals surface area contributed by atoms with Gasteiger partial charge in [-0.15, -0.1) is 0 Å². The van der Waals surface area contributed by atoms with Gasteiger partial charge in [-0.1, -0.05) is 18.2 Å². The average Bonchev–Trinajstić information content (AvgIpc) is 2.30. The zero-order chi connectivity index (χ0) is 11.8. The van der Waals surface area contributed by atoms with Crippen LogP contribution in [0.2, 0.25) is 0 Å². The maximum Gasteiger partial charge on any atom is 0.245 e. The number of carbonyl (C=O) groups excluding carboxylic acids is 1. The molecule has 4 heteroatoms. The fourth-order valence-electron chi connectivity index (χ4n) is 1.43. The minimum absolute atomic E-state index is 0.0996. The maximum atomic E-state index is 11.1. The van der Waals surface area contributed by atoms with E-state index < -0.39 is 0 Å². The Labute approximate surface area is 95.6 Å². The number of amides is 1. The molecule has 0 heterocycles. The number of ether oxygens (including phenoxy) is 2. The first-order chi connectivity index (χ1) is 7.77. The van der Waals surface area contributed by atoms with Gasteiger partial charge in [0.2, 0.25) is 5.91 Å². The van der Waals surface area contributed by atoms with E-state index in [9.17, 15) is 4.79 Å². The minimum Gasteiger partial charge on any atom is -0.496 e. The quantitative estimate of drug-likeness (QED) is 0.782. The Kier molecular flexibility index (Phi) is 5.36. The van der Waals surface area contributed by atoms with Crippen molar-refractivity contribution in [3.8, 4) is 5.75 Å². The van der Waals surface area contributed by atoms with E-state index in [-0.39, 0.29) is 12.5 Å². The number of benzene rings is 1. The molecule has 0 atom stereocenters. The highest BCUT2D eigenvalue weighted by Gasteiger charge is 2.03. The number of hydrogen-bond donors (Lipinski definition) is 1. The van der Waals surface area contributed by atoms with Crippen molar-refractivity contribution in [2.75, 3.05) is 27.4 Å². The van der Waals surface area contributed by atoms with E-state index in [0.717, 1.165) is 17.7 Å². The van der Waals surface area contributed by atoms with E-state index in [1.165, 1.54) is 7.11 Å². The standard InChI is InChI=1S/C12H17NO3/c1-15-9-12(14)13-8-7-10-5-3-4-6-11(10)16-2/h3-6H,7-9H2,1-2H3,(H,13,14). The molecule has 1 aromatic rings. The van der Waals surface area contributed by atoms with Crippen LogP contribution in [0.1, 0.15) is 5.56 Å². The van der Waals surface area contributed by atoms with Crippen LogP contribution in [0.4, 0.5) is 0 Å². The molecule has 0 aliphatic carbocycles. The van der Waals surface area contributed by atoms with E-state index in [4.69, 9.17) is 9.47 Å². The summed E-state index contributed by atoms with van der Waals surface area (Å²) in [5.41, 5.74) is 1.09. The van der Waals surface area contributed by atoms with Crippen LogP contribution in [0.15, 0.2) is 24.3 Å². The molecule has 0 bridgehead atoms. The minimum atomic E-state index is -0.0996. The van der Waals surface area contributed by atoms with E-state index in [2.05, 4.69) is 5.32 Å². The van der Waals surface area contributed by atoms with Crippen LogP contribution in [-0.4, -0.2) is 33.3 Å². The van der Waals surface area contributed by atoms with Crippen molar-refractivity contribution in [2.24, 2.45) is 0 Å². The van der Waals surface area contributed by atoms with Gasteiger partial charge in [0, 0.05) is 13.7 Å². The molecule has 0 aromatic heterocycles. The van der Waals surface area contributed by atoms with Gasteiger partial charge >= 0.3 is 0 Å². The number of rotatable bonds is 6. The Hall–Kier alpha value is -1.55. The van der Waals surface area contributed by atoms with Gasteiger partial charge in [-0.05, 0) is 18.1 Å². The molecule has 0 saturated carbocycles. The molecule has 1 N–H and O–H groups in total. The predicted octanol–water partition coefficient (Wildman–Crippen LogP) is 1.00. The second kappa shape index (κ2) is 6.85. The molecule has 0 radical (unpaired) electrons. The molecule has 0 fully saturated rings. The van der Waals surface area contributed by atoms with Crippen LogP contribution >= 0.6 is 0 Å². The SMILES string of the molecule is COCC(=O)NCCc1ccccc1OC. The van der Waals surface area contributed by atoms with Crippen molar-refractivity contribution in [2.45, 2.75) is 6.42 Å². The summed E-state index contributed by atoms with van der Waals surface area (Å²) in [5, 5.41) is 2.76. The number of carbonyl (C=O) groups is 1. The molecule has 0 aliphatic heterocycles. The van der Waals surface area contributed by atoms with Crippen molar-refractivity contribution in [3.63, 3.8) is 0 Å². The zero-order valence-corrected chi connectivity index (χ0v) is 9.66. The molecule has 0 saturated heterocycles. The van der Waals surface area contributed by atoms with Crippen LogP contribution in [0, 0.1) is 0 Å². The fraction of sp³-hybridized carbons (Fsp3) is 0.417. The monoisotopic (exact) mass is 223 g/mol. The number of hydrogen-bond acceptors (Lipinski definition) is 3. The topological polar surface area (TPSA) is 47.6 Å². The lowest BCUT2D eigenvalue weighted by Crippen LogP contribution is -2.29. The number of para-hydroxylation sites is 1. The van der Waals surface area contributed by atoms with Crippen molar-refractivity contribution in [1.82, 2.24) is 5.32 Å². The van der Waals surface area contributed by atoms with E-state index >= 15 is 0 Å².